The summed E-state index contributed by atoms with van der Waals surface area (Å²) in [6, 6.07) is -0.594. The molecule has 0 aromatic carbocycles. The first kappa shape index (κ1) is 17.4. The normalized spacial score (nSPS) is 18.7. The predicted molar refractivity (Wildman–Crippen MR) is 74.7 cm³/mol. The molecule has 1 N–H and O–H groups in total. The number of urea groups is 1. The number of amides is 4. The van der Waals surface area contributed by atoms with Crippen LogP contribution in [0.25, 0.3) is 0 Å². The summed E-state index contributed by atoms with van der Waals surface area (Å²) < 4.78 is 10.3. The fourth-order valence-electron chi connectivity index (χ4n) is 2.02. The molecule has 4 amide bonds. The molecule has 1 aliphatic heterocycles. The van der Waals surface area contributed by atoms with Gasteiger partial charge in [-0.2, -0.15) is 0 Å². The number of carbonyl (C=O) groups excluding carboxylic acids is 3. The summed E-state index contributed by atoms with van der Waals surface area (Å²) in [6.45, 7) is 5.03. The van der Waals surface area contributed by atoms with Gasteiger partial charge in [-0.15, -0.1) is 0 Å². The molecule has 1 saturated heterocycles. The minimum atomic E-state index is -0.800. The van der Waals surface area contributed by atoms with E-state index in [0.717, 1.165) is 4.90 Å². The molecule has 1 atom stereocenters. The van der Waals surface area contributed by atoms with Crippen LogP contribution in [0.2, 0.25) is 0 Å². The molecule has 0 radical (unpaired) electrons. The summed E-state index contributed by atoms with van der Waals surface area (Å²) in [7, 11) is 3.05. The van der Waals surface area contributed by atoms with E-state index in [1.165, 1.54) is 19.1 Å². The summed E-state index contributed by atoms with van der Waals surface area (Å²) in [6.07, 6.45) is 0. The second kappa shape index (κ2) is 7.37. The molecule has 0 bridgehead atoms. The van der Waals surface area contributed by atoms with Gasteiger partial charge in [0.2, 0.25) is 0 Å². The van der Waals surface area contributed by atoms with Gasteiger partial charge < -0.3 is 19.7 Å². The Hall–Kier alpha value is -1.67. The molecule has 0 aliphatic carbocycles. The fourth-order valence-corrected chi connectivity index (χ4v) is 2.02. The Kier molecular flexibility index (Phi) is 6.10. The van der Waals surface area contributed by atoms with Crippen LogP contribution in [-0.4, -0.2) is 80.3 Å². The van der Waals surface area contributed by atoms with E-state index in [2.05, 4.69) is 5.32 Å². The molecule has 1 heterocycles. The van der Waals surface area contributed by atoms with Crippen LogP contribution < -0.4 is 5.32 Å². The van der Waals surface area contributed by atoms with Crippen LogP contribution in [0.1, 0.15) is 13.8 Å². The SMILES string of the molecule is CCN1CCN(C(=O)NC[C@@](C)(COC)OC)C(=O)C1=O. The minimum Gasteiger partial charge on any atom is -0.382 e. The summed E-state index contributed by atoms with van der Waals surface area (Å²) in [5.74, 6) is -1.45. The monoisotopic (exact) mass is 301 g/mol. The quantitative estimate of drug-likeness (QED) is 0.664. The second-order valence-electron chi connectivity index (χ2n) is 5.09. The number of nitrogens with one attached hydrogen (secondary N) is 1. The highest BCUT2D eigenvalue weighted by Gasteiger charge is 2.36. The average Bonchev–Trinajstić information content (AvgIpc) is 2.48. The molecule has 0 unspecified atom stereocenters. The maximum atomic E-state index is 12.0. The van der Waals surface area contributed by atoms with Crippen molar-refractivity contribution in [3.63, 3.8) is 0 Å². The smallest absolute Gasteiger partial charge is 0.324 e. The Morgan fingerprint density at radius 1 is 1.29 bits per heavy atom. The number of rotatable bonds is 6. The molecule has 8 heteroatoms. The highest BCUT2D eigenvalue weighted by molar-refractivity contribution is 6.38. The average molecular weight is 301 g/mol. The van der Waals surface area contributed by atoms with Crippen LogP contribution in [0.4, 0.5) is 4.79 Å². The Bertz CT molecular complexity index is 415. The van der Waals surface area contributed by atoms with Crippen LogP contribution >= 0.6 is 0 Å². The molecule has 8 nitrogen and oxygen atoms in total. The van der Waals surface area contributed by atoms with Crippen molar-refractivity contribution in [3.05, 3.63) is 0 Å². The molecule has 1 fully saturated rings. The van der Waals surface area contributed by atoms with Crippen molar-refractivity contribution in [2.45, 2.75) is 19.4 Å². The fraction of sp³-hybridized carbons (Fsp3) is 0.769. The van der Waals surface area contributed by atoms with E-state index in [1.807, 2.05) is 0 Å². The first-order valence-electron chi connectivity index (χ1n) is 6.81. The topological polar surface area (TPSA) is 88.2 Å². The Labute approximate surface area is 124 Å². The zero-order valence-corrected chi connectivity index (χ0v) is 13.0. The van der Waals surface area contributed by atoms with Gasteiger partial charge in [0, 0.05) is 33.9 Å². The molecular weight excluding hydrogens is 278 g/mol. The Morgan fingerprint density at radius 2 is 1.95 bits per heavy atom. The van der Waals surface area contributed by atoms with Crippen LogP contribution in [0.3, 0.4) is 0 Å². The molecule has 0 spiro atoms. The number of methoxy groups -OCH3 is 2. The van der Waals surface area contributed by atoms with E-state index in [0.29, 0.717) is 19.7 Å². The lowest BCUT2D eigenvalue weighted by Crippen LogP contribution is -2.59. The summed E-state index contributed by atoms with van der Waals surface area (Å²) in [5, 5.41) is 2.60. The van der Waals surface area contributed by atoms with Crippen molar-refractivity contribution in [1.82, 2.24) is 15.1 Å². The third-order valence-electron chi connectivity index (χ3n) is 3.49. The largest absolute Gasteiger partial charge is 0.382 e. The van der Waals surface area contributed by atoms with Crippen molar-refractivity contribution in [2.75, 3.05) is 47.0 Å². The maximum absolute atomic E-state index is 12.0. The van der Waals surface area contributed by atoms with Gasteiger partial charge in [0.1, 0.15) is 5.60 Å². The highest BCUT2D eigenvalue weighted by atomic mass is 16.5. The standard InChI is InChI=1S/C13H23N3O5/c1-5-15-6-7-16(11(18)10(15)17)12(19)14-8-13(2,21-4)9-20-3/h5-9H2,1-4H3,(H,14,19)/t13-/m0/s1. The minimum absolute atomic E-state index is 0.172. The predicted octanol–water partition coefficient (Wildman–Crippen LogP) is -0.562. The van der Waals surface area contributed by atoms with Gasteiger partial charge in [-0.3, -0.25) is 14.5 Å². The van der Waals surface area contributed by atoms with Crippen LogP contribution in [-0.2, 0) is 19.1 Å². The van der Waals surface area contributed by atoms with Crippen molar-refractivity contribution < 1.29 is 23.9 Å². The van der Waals surface area contributed by atoms with Crippen molar-refractivity contribution in [2.24, 2.45) is 0 Å². The summed E-state index contributed by atoms with van der Waals surface area (Å²) in [5.41, 5.74) is -0.692. The van der Waals surface area contributed by atoms with E-state index >= 15 is 0 Å². The zero-order valence-electron chi connectivity index (χ0n) is 13.0. The maximum Gasteiger partial charge on any atom is 0.324 e. The lowest BCUT2D eigenvalue weighted by atomic mass is 10.1. The molecule has 0 saturated carbocycles. The lowest BCUT2D eigenvalue weighted by Gasteiger charge is -2.33. The third-order valence-corrected chi connectivity index (χ3v) is 3.49. The van der Waals surface area contributed by atoms with Crippen LogP contribution in [0, 0.1) is 0 Å². The summed E-state index contributed by atoms with van der Waals surface area (Å²) in [4.78, 5) is 38.0. The molecule has 120 valence electrons. The third kappa shape index (κ3) is 4.15. The first-order chi connectivity index (χ1) is 9.88. The van der Waals surface area contributed by atoms with Gasteiger partial charge in [0.05, 0.1) is 13.2 Å². The number of carbonyl (C=O) groups is 3. The van der Waals surface area contributed by atoms with Crippen molar-refractivity contribution in [3.8, 4) is 0 Å². The van der Waals surface area contributed by atoms with E-state index in [-0.39, 0.29) is 13.1 Å². The number of piperazine rings is 1. The first-order valence-corrected chi connectivity index (χ1v) is 6.81. The second-order valence-corrected chi connectivity index (χ2v) is 5.09. The zero-order chi connectivity index (χ0) is 16.0. The molecule has 0 aromatic heterocycles. The van der Waals surface area contributed by atoms with Crippen LogP contribution in [0.15, 0.2) is 0 Å². The molecule has 21 heavy (non-hydrogen) atoms. The van der Waals surface area contributed by atoms with Crippen molar-refractivity contribution in [1.29, 1.82) is 0 Å². The summed E-state index contributed by atoms with van der Waals surface area (Å²) >= 11 is 0. The van der Waals surface area contributed by atoms with Gasteiger partial charge in [0.15, 0.2) is 0 Å². The number of imide groups is 1. The number of likely N-dealkylation sites (N-methyl/N-ethyl adjacent to an activating group) is 1. The van der Waals surface area contributed by atoms with E-state index in [1.54, 1.807) is 13.8 Å². The number of nitrogens with zero attached hydrogens (tertiary/aromatic N) is 2. The Morgan fingerprint density at radius 3 is 2.48 bits per heavy atom. The molecule has 1 aliphatic rings. The van der Waals surface area contributed by atoms with Gasteiger partial charge in [-0.05, 0) is 13.8 Å². The van der Waals surface area contributed by atoms with Crippen molar-refractivity contribution >= 4 is 17.8 Å². The highest BCUT2D eigenvalue weighted by Crippen LogP contribution is 2.09. The van der Waals surface area contributed by atoms with Gasteiger partial charge in [-0.1, -0.05) is 0 Å². The van der Waals surface area contributed by atoms with Gasteiger partial charge >= 0.3 is 17.8 Å². The molecule has 0 aromatic rings. The number of ether oxygens (including phenoxy) is 2. The lowest BCUT2D eigenvalue weighted by molar-refractivity contribution is -0.153. The Balaban J connectivity index is 2.60. The van der Waals surface area contributed by atoms with Gasteiger partial charge in [-0.25, -0.2) is 4.79 Å². The number of hydrogen-bond acceptors (Lipinski definition) is 5. The number of hydrogen-bond donors (Lipinski definition) is 1. The van der Waals surface area contributed by atoms with E-state index in [9.17, 15) is 14.4 Å². The van der Waals surface area contributed by atoms with E-state index in [4.69, 9.17) is 9.47 Å². The van der Waals surface area contributed by atoms with Gasteiger partial charge in [0.25, 0.3) is 0 Å². The molecular formula is C13H23N3O5. The molecule has 1 rings (SSSR count). The van der Waals surface area contributed by atoms with E-state index < -0.39 is 23.4 Å². The van der Waals surface area contributed by atoms with Crippen LogP contribution in [0.5, 0.6) is 0 Å².